The van der Waals surface area contributed by atoms with E-state index in [0.29, 0.717) is 0 Å². The summed E-state index contributed by atoms with van der Waals surface area (Å²) in [6.07, 6.45) is 0. The molecule has 0 atom stereocenters. The van der Waals surface area contributed by atoms with Crippen LogP contribution in [0.1, 0.15) is 41.5 Å². The van der Waals surface area contributed by atoms with E-state index in [2.05, 4.69) is 84.0 Å². The highest BCUT2D eigenvalue weighted by Gasteiger charge is 2.30. The number of nitrogens with zero attached hydrogens (tertiary/aromatic N) is 1. The minimum atomic E-state index is 0.0647. The number of hydrogen-bond acceptors (Lipinski definition) is 1. The zero-order chi connectivity index (χ0) is 15.0. The molecule has 0 aliphatic carbocycles. The summed E-state index contributed by atoms with van der Waals surface area (Å²) >= 11 is 0. The summed E-state index contributed by atoms with van der Waals surface area (Å²) in [6, 6.07) is 14.8. The van der Waals surface area contributed by atoms with Crippen molar-refractivity contribution in [3.05, 3.63) is 42.5 Å². The Hall–Kier alpha value is -1.63. The Kier molecular flexibility index (Phi) is 3.73. The molecular weight excluding hydrogens is 242 g/mol. The van der Waals surface area contributed by atoms with Crippen LogP contribution in [0.25, 0.3) is 10.8 Å². The van der Waals surface area contributed by atoms with E-state index in [9.17, 15) is 0 Å². The van der Waals surface area contributed by atoms with Gasteiger partial charge in [-0.05, 0) is 11.5 Å². The fourth-order valence-electron chi connectivity index (χ4n) is 2.89. The van der Waals surface area contributed by atoms with Gasteiger partial charge in [0, 0.05) is 21.9 Å². The molecular formula is C19H25N. The minimum absolute atomic E-state index is 0.0647. The highest BCUT2D eigenvalue weighted by Crippen LogP contribution is 2.34. The average Bonchev–Trinajstić information content (AvgIpc) is 2.33. The first-order valence-corrected chi connectivity index (χ1v) is 7.27. The number of aliphatic imine (C=N–C) groups is 1. The second kappa shape index (κ2) is 5.05. The van der Waals surface area contributed by atoms with Gasteiger partial charge in [0.05, 0.1) is 5.69 Å². The minimum Gasteiger partial charge on any atom is -0.256 e. The maximum atomic E-state index is 5.05. The number of rotatable bonds is 1. The molecule has 0 aliphatic heterocycles. The lowest BCUT2D eigenvalue weighted by atomic mass is 9.75. The molecule has 0 bridgehead atoms. The van der Waals surface area contributed by atoms with Crippen LogP contribution in [0, 0.1) is 10.8 Å². The quantitative estimate of drug-likeness (QED) is 0.561. The van der Waals surface area contributed by atoms with Crippen molar-refractivity contribution < 1.29 is 0 Å². The molecule has 20 heavy (non-hydrogen) atoms. The van der Waals surface area contributed by atoms with Crippen molar-refractivity contribution in [3.8, 4) is 0 Å². The number of benzene rings is 2. The van der Waals surface area contributed by atoms with E-state index in [1.165, 1.54) is 16.5 Å². The summed E-state index contributed by atoms with van der Waals surface area (Å²) in [5.41, 5.74) is 2.44. The predicted octanol–water partition coefficient (Wildman–Crippen LogP) is 6.00. The molecule has 0 aliphatic rings. The fourth-order valence-corrected chi connectivity index (χ4v) is 2.89. The smallest absolute Gasteiger partial charge is 0.0707 e. The summed E-state index contributed by atoms with van der Waals surface area (Å²) < 4.78 is 0. The van der Waals surface area contributed by atoms with Crippen LogP contribution < -0.4 is 0 Å². The van der Waals surface area contributed by atoms with Crippen LogP contribution in [0.3, 0.4) is 0 Å². The molecule has 0 unspecified atom stereocenters. The van der Waals surface area contributed by atoms with Crippen molar-refractivity contribution in [1.29, 1.82) is 0 Å². The molecule has 0 saturated heterocycles. The van der Waals surface area contributed by atoms with Crippen molar-refractivity contribution in [2.75, 3.05) is 0 Å². The standard InChI is InChI=1S/C19H25N/c1-18(2,3)17(19(4,5)6)20-16-13-9-11-14-10-7-8-12-15(14)16/h7-13H,1-6H3. The Morgan fingerprint density at radius 2 is 1.30 bits per heavy atom. The Morgan fingerprint density at radius 3 is 1.90 bits per heavy atom. The first-order chi connectivity index (χ1) is 9.19. The third-order valence-corrected chi connectivity index (χ3v) is 3.42. The van der Waals surface area contributed by atoms with Crippen molar-refractivity contribution in [3.63, 3.8) is 0 Å². The lowest BCUT2D eigenvalue weighted by Gasteiger charge is -2.32. The zero-order valence-electron chi connectivity index (χ0n) is 13.5. The topological polar surface area (TPSA) is 12.4 Å². The van der Waals surface area contributed by atoms with Crippen molar-refractivity contribution >= 4 is 22.2 Å². The lowest BCUT2D eigenvalue weighted by molar-refractivity contribution is 0.480. The van der Waals surface area contributed by atoms with E-state index in [0.717, 1.165) is 5.69 Å². The monoisotopic (exact) mass is 267 g/mol. The van der Waals surface area contributed by atoms with Gasteiger partial charge in [-0.15, -0.1) is 0 Å². The summed E-state index contributed by atoms with van der Waals surface area (Å²) in [7, 11) is 0. The van der Waals surface area contributed by atoms with Crippen LogP contribution in [0.4, 0.5) is 5.69 Å². The molecule has 0 heterocycles. The highest BCUT2D eigenvalue weighted by molar-refractivity contribution is 6.00. The molecule has 2 aromatic rings. The lowest BCUT2D eigenvalue weighted by Crippen LogP contribution is -2.32. The Balaban J connectivity index is 2.66. The summed E-state index contributed by atoms with van der Waals surface area (Å²) in [5.74, 6) is 0. The second-order valence-corrected chi connectivity index (χ2v) is 7.46. The summed E-state index contributed by atoms with van der Waals surface area (Å²) in [4.78, 5) is 5.05. The predicted molar refractivity (Wildman–Crippen MR) is 90.0 cm³/mol. The number of hydrogen-bond donors (Lipinski definition) is 0. The molecule has 106 valence electrons. The highest BCUT2D eigenvalue weighted by atomic mass is 14.8. The van der Waals surface area contributed by atoms with Crippen LogP contribution in [-0.4, -0.2) is 5.71 Å². The molecule has 1 heteroatoms. The fraction of sp³-hybridized carbons (Fsp3) is 0.421. The van der Waals surface area contributed by atoms with Crippen molar-refractivity contribution in [2.24, 2.45) is 15.8 Å². The Bertz CT molecular complexity index is 615. The van der Waals surface area contributed by atoms with E-state index in [-0.39, 0.29) is 10.8 Å². The molecule has 0 fully saturated rings. The van der Waals surface area contributed by atoms with Gasteiger partial charge in [-0.25, -0.2) is 0 Å². The molecule has 0 saturated carbocycles. The Labute approximate surface area is 122 Å². The first kappa shape index (κ1) is 14.8. The van der Waals surface area contributed by atoms with Gasteiger partial charge in [0.25, 0.3) is 0 Å². The molecule has 0 N–H and O–H groups in total. The van der Waals surface area contributed by atoms with Gasteiger partial charge >= 0.3 is 0 Å². The maximum absolute atomic E-state index is 5.05. The Morgan fingerprint density at radius 1 is 0.750 bits per heavy atom. The van der Waals surface area contributed by atoms with Gasteiger partial charge in [0.15, 0.2) is 0 Å². The van der Waals surface area contributed by atoms with Gasteiger partial charge in [-0.2, -0.15) is 0 Å². The maximum Gasteiger partial charge on any atom is 0.0707 e. The van der Waals surface area contributed by atoms with Crippen LogP contribution in [0.2, 0.25) is 0 Å². The van der Waals surface area contributed by atoms with Gasteiger partial charge in [-0.3, -0.25) is 4.99 Å². The SMILES string of the molecule is CC(C)(C)C(=Nc1cccc2ccccc12)C(C)(C)C. The third-order valence-electron chi connectivity index (χ3n) is 3.42. The van der Waals surface area contributed by atoms with Gasteiger partial charge in [0.2, 0.25) is 0 Å². The van der Waals surface area contributed by atoms with E-state index in [1.807, 2.05) is 0 Å². The molecule has 2 rings (SSSR count). The zero-order valence-corrected chi connectivity index (χ0v) is 13.5. The van der Waals surface area contributed by atoms with Crippen LogP contribution in [-0.2, 0) is 0 Å². The van der Waals surface area contributed by atoms with Gasteiger partial charge < -0.3 is 0 Å². The summed E-state index contributed by atoms with van der Waals surface area (Å²) in [5, 5.41) is 2.47. The molecule has 0 aromatic heterocycles. The van der Waals surface area contributed by atoms with Gasteiger partial charge in [-0.1, -0.05) is 77.9 Å². The van der Waals surface area contributed by atoms with E-state index >= 15 is 0 Å². The normalized spacial score (nSPS) is 12.5. The first-order valence-electron chi connectivity index (χ1n) is 7.27. The largest absolute Gasteiger partial charge is 0.256 e. The average molecular weight is 267 g/mol. The van der Waals surface area contributed by atoms with E-state index in [4.69, 9.17) is 4.99 Å². The molecule has 0 spiro atoms. The third kappa shape index (κ3) is 3.09. The number of fused-ring (bicyclic) bond motifs is 1. The van der Waals surface area contributed by atoms with Crippen LogP contribution >= 0.6 is 0 Å². The molecule has 1 nitrogen and oxygen atoms in total. The van der Waals surface area contributed by atoms with Crippen molar-refractivity contribution in [2.45, 2.75) is 41.5 Å². The van der Waals surface area contributed by atoms with Crippen molar-refractivity contribution in [1.82, 2.24) is 0 Å². The van der Waals surface area contributed by atoms with E-state index in [1.54, 1.807) is 0 Å². The van der Waals surface area contributed by atoms with E-state index < -0.39 is 0 Å². The van der Waals surface area contributed by atoms with Crippen LogP contribution in [0.15, 0.2) is 47.5 Å². The molecule has 0 radical (unpaired) electrons. The summed E-state index contributed by atoms with van der Waals surface area (Å²) in [6.45, 7) is 13.4. The van der Waals surface area contributed by atoms with Crippen LogP contribution in [0.5, 0.6) is 0 Å². The molecule has 0 amide bonds. The molecule has 2 aromatic carbocycles. The van der Waals surface area contributed by atoms with Gasteiger partial charge in [0.1, 0.15) is 0 Å². The second-order valence-electron chi connectivity index (χ2n) is 7.46.